The lowest BCUT2D eigenvalue weighted by Crippen LogP contribution is -2.52. The van der Waals surface area contributed by atoms with Gasteiger partial charge in [-0.3, -0.25) is 4.79 Å². The Morgan fingerprint density at radius 2 is 2.46 bits per heavy atom. The second kappa shape index (κ2) is 4.39. The Balaban J connectivity index is 2.54. The first kappa shape index (κ1) is 10.2. The molecule has 0 aliphatic carbocycles. The molecule has 4 nitrogen and oxygen atoms in total. The zero-order chi connectivity index (χ0) is 9.84. The molecule has 1 rings (SSSR count). The average molecular weight is 184 g/mol. The van der Waals surface area contributed by atoms with E-state index in [0.717, 1.165) is 6.42 Å². The Morgan fingerprint density at radius 3 is 3.00 bits per heavy atom. The van der Waals surface area contributed by atoms with Gasteiger partial charge in [0.05, 0.1) is 6.10 Å². The van der Waals surface area contributed by atoms with Gasteiger partial charge < -0.3 is 15.4 Å². The van der Waals surface area contributed by atoms with Gasteiger partial charge in [0.1, 0.15) is 0 Å². The van der Waals surface area contributed by atoms with Gasteiger partial charge in [0.2, 0.25) is 5.91 Å². The Kier molecular flexibility index (Phi) is 3.45. The van der Waals surface area contributed by atoms with Crippen LogP contribution in [0.25, 0.3) is 0 Å². The third-order valence-corrected chi connectivity index (χ3v) is 2.40. The lowest BCUT2D eigenvalue weighted by atomic mass is 10.0. The molecule has 4 heteroatoms. The highest BCUT2D eigenvalue weighted by molar-refractivity contribution is 5.87. The molecule has 2 unspecified atom stereocenters. The van der Waals surface area contributed by atoms with Gasteiger partial charge in [-0.15, -0.1) is 0 Å². The molecular formula is C9H16N2O2. The number of hydrogen-bond donors (Lipinski definition) is 1. The molecule has 0 bridgehead atoms. The van der Waals surface area contributed by atoms with Crippen LogP contribution in [0.2, 0.25) is 0 Å². The summed E-state index contributed by atoms with van der Waals surface area (Å²) in [5.74, 6) is -0.0473. The lowest BCUT2D eigenvalue weighted by Gasteiger charge is -2.35. The first-order chi connectivity index (χ1) is 6.19. The van der Waals surface area contributed by atoms with Crippen LogP contribution in [0.5, 0.6) is 0 Å². The fourth-order valence-electron chi connectivity index (χ4n) is 1.51. The average Bonchev–Trinajstić information content (AvgIpc) is 2.17. The molecule has 1 heterocycles. The van der Waals surface area contributed by atoms with Gasteiger partial charge >= 0.3 is 0 Å². The molecule has 1 amide bonds. The van der Waals surface area contributed by atoms with Gasteiger partial charge in [0, 0.05) is 26.2 Å². The van der Waals surface area contributed by atoms with E-state index >= 15 is 0 Å². The fourth-order valence-corrected chi connectivity index (χ4v) is 1.51. The van der Waals surface area contributed by atoms with E-state index in [1.165, 1.54) is 6.08 Å². The van der Waals surface area contributed by atoms with Crippen molar-refractivity contribution in [3.63, 3.8) is 0 Å². The van der Waals surface area contributed by atoms with Crippen molar-refractivity contribution in [3.05, 3.63) is 12.7 Å². The molecule has 2 N–H and O–H groups in total. The molecule has 1 saturated heterocycles. The Hall–Kier alpha value is -0.870. The van der Waals surface area contributed by atoms with Crippen molar-refractivity contribution in [1.82, 2.24) is 4.90 Å². The van der Waals surface area contributed by atoms with Crippen molar-refractivity contribution in [3.8, 4) is 0 Å². The van der Waals surface area contributed by atoms with E-state index in [0.29, 0.717) is 13.1 Å². The molecule has 13 heavy (non-hydrogen) atoms. The Labute approximate surface area is 78.3 Å². The summed E-state index contributed by atoms with van der Waals surface area (Å²) in [6.07, 6.45) is 2.07. The van der Waals surface area contributed by atoms with Crippen LogP contribution < -0.4 is 5.73 Å². The molecule has 0 saturated carbocycles. The van der Waals surface area contributed by atoms with Crippen molar-refractivity contribution in [2.45, 2.75) is 18.6 Å². The molecule has 0 radical (unpaired) electrons. The number of carbonyl (C=O) groups is 1. The molecule has 0 aromatic carbocycles. The number of likely N-dealkylation sites (tertiary alicyclic amines) is 1. The van der Waals surface area contributed by atoms with Crippen LogP contribution in [0.3, 0.4) is 0 Å². The summed E-state index contributed by atoms with van der Waals surface area (Å²) in [5, 5.41) is 0. The number of hydrogen-bond acceptors (Lipinski definition) is 3. The van der Waals surface area contributed by atoms with Crippen LogP contribution in [-0.2, 0) is 9.53 Å². The van der Waals surface area contributed by atoms with E-state index in [1.807, 2.05) is 0 Å². The number of nitrogens with two attached hydrogens (primary N) is 1. The van der Waals surface area contributed by atoms with Crippen LogP contribution in [0.4, 0.5) is 0 Å². The topological polar surface area (TPSA) is 55.6 Å². The molecule has 0 aromatic rings. The Bertz CT molecular complexity index is 206. The minimum Gasteiger partial charge on any atom is -0.378 e. The molecule has 1 aliphatic rings. The van der Waals surface area contributed by atoms with Crippen LogP contribution in [0.15, 0.2) is 12.7 Å². The van der Waals surface area contributed by atoms with Crippen molar-refractivity contribution in [2.24, 2.45) is 5.73 Å². The van der Waals surface area contributed by atoms with Crippen molar-refractivity contribution in [2.75, 3.05) is 20.2 Å². The summed E-state index contributed by atoms with van der Waals surface area (Å²) in [5.41, 5.74) is 5.80. The highest BCUT2D eigenvalue weighted by atomic mass is 16.5. The highest BCUT2D eigenvalue weighted by Crippen LogP contribution is 2.11. The number of piperidine rings is 1. The number of nitrogens with zero attached hydrogens (tertiary/aromatic N) is 1. The number of carbonyl (C=O) groups excluding carboxylic acids is 1. The predicted octanol–water partition coefficient (Wildman–Crippen LogP) is -0.253. The summed E-state index contributed by atoms with van der Waals surface area (Å²) in [7, 11) is 1.62. The van der Waals surface area contributed by atoms with Crippen LogP contribution in [0, 0.1) is 0 Å². The maximum atomic E-state index is 11.2. The first-order valence-electron chi connectivity index (χ1n) is 4.38. The number of rotatable bonds is 2. The third kappa shape index (κ3) is 2.29. The van der Waals surface area contributed by atoms with E-state index in [9.17, 15) is 4.79 Å². The van der Waals surface area contributed by atoms with E-state index in [4.69, 9.17) is 10.5 Å². The smallest absolute Gasteiger partial charge is 0.246 e. The van der Waals surface area contributed by atoms with Crippen molar-refractivity contribution >= 4 is 5.91 Å². The summed E-state index contributed by atoms with van der Waals surface area (Å²) < 4.78 is 5.18. The number of methoxy groups -OCH3 is 1. The second-order valence-electron chi connectivity index (χ2n) is 3.22. The molecular weight excluding hydrogens is 168 g/mol. The monoisotopic (exact) mass is 184 g/mol. The summed E-state index contributed by atoms with van der Waals surface area (Å²) in [6.45, 7) is 4.71. The minimum absolute atomic E-state index is 0.0406. The normalized spacial score (nSPS) is 28.6. The van der Waals surface area contributed by atoms with Crippen molar-refractivity contribution < 1.29 is 9.53 Å². The zero-order valence-electron chi connectivity index (χ0n) is 7.90. The molecule has 2 atom stereocenters. The van der Waals surface area contributed by atoms with Gasteiger partial charge in [0.15, 0.2) is 0 Å². The standard InChI is InChI=1S/C9H16N2O2/c1-3-9(12)11-5-4-7(10)8(6-11)13-2/h3,7-8H,1,4-6,10H2,2H3. The fraction of sp³-hybridized carbons (Fsp3) is 0.667. The number of amides is 1. The third-order valence-electron chi connectivity index (χ3n) is 2.40. The largest absolute Gasteiger partial charge is 0.378 e. The van der Waals surface area contributed by atoms with Crippen LogP contribution in [-0.4, -0.2) is 43.2 Å². The molecule has 74 valence electrons. The van der Waals surface area contributed by atoms with Gasteiger partial charge in [-0.2, -0.15) is 0 Å². The van der Waals surface area contributed by atoms with Crippen molar-refractivity contribution in [1.29, 1.82) is 0 Å². The predicted molar refractivity (Wildman–Crippen MR) is 50.2 cm³/mol. The minimum atomic E-state index is -0.0473. The van der Waals surface area contributed by atoms with E-state index in [2.05, 4.69) is 6.58 Å². The van der Waals surface area contributed by atoms with Gasteiger partial charge in [-0.25, -0.2) is 0 Å². The van der Waals surface area contributed by atoms with E-state index in [1.54, 1.807) is 12.0 Å². The summed E-state index contributed by atoms with van der Waals surface area (Å²) >= 11 is 0. The van der Waals surface area contributed by atoms with Gasteiger partial charge in [-0.05, 0) is 12.5 Å². The Morgan fingerprint density at radius 1 is 1.77 bits per heavy atom. The maximum Gasteiger partial charge on any atom is 0.246 e. The zero-order valence-corrected chi connectivity index (χ0v) is 7.90. The molecule has 1 aliphatic heterocycles. The SMILES string of the molecule is C=CC(=O)N1CCC(N)C(OC)C1. The molecule has 1 fully saturated rings. The van der Waals surface area contributed by atoms with E-state index < -0.39 is 0 Å². The first-order valence-corrected chi connectivity index (χ1v) is 4.38. The van der Waals surface area contributed by atoms with Crippen LogP contribution >= 0.6 is 0 Å². The highest BCUT2D eigenvalue weighted by Gasteiger charge is 2.27. The molecule has 0 aromatic heterocycles. The van der Waals surface area contributed by atoms with Gasteiger partial charge in [-0.1, -0.05) is 6.58 Å². The second-order valence-corrected chi connectivity index (χ2v) is 3.22. The quantitative estimate of drug-likeness (QED) is 0.602. The van der Waals surface area contributed by atoms with E-state index in [-0.39, 0.29) is 18.1 Å². The van der Waals surface area contributed by atoms with Crippen LogP contribution in [0.1, 0.15) is 6.42 Å². The molecule has 0 spiro atoms. The maximum absolute atomic E-state index is 11.2. The summed E-state index contributed by atoms with van der Waals surface area (Å²) in [4.78, 5) is 13.0. The number of ether oxygens (including phenoxy) is 1. The van der Waals surface area contributed by atoms with Gasteiger partial charge in [0.25, 0.3) is 0 Å². The lowest BCUT2D eigenvalue weighted by molar-refractivity contribution is -0.129. The summed E-state index contributed by atoms with van der Waals surface area (Å²) in [6, 6.07) is 0.0406.